The number of piperidine rings is 1. The van der Waals surface area contributed by atoms with Gasteiger partial charge < -0.3 is 20.1 Å². The van der Waals surface area contributed by atoms with E-state index in [9.17, 15) is 5.26 Å². The molecule has 0 aliphatic carbocycles. The lowest BCUT2D eigenvalue weighted by Gasteiger charge is -2.42. The molecule has 0 saturated carbocycles. The Bertz CT molecular complexity index is 890. The number of nitriles is 1. The van der Waals surface area contributed by atoms with E-state index in [1.165, 1.54) is 0 Å². The number of anilines is 1. The Morgan fingerprint density at radius 2 is 2.14 bits per heavy atom. The summed E-state index contributed by atoms with van der Waals surface area (Å²) in [6.45, 7) is 8.63. The van der Waals surface area contributed by atoms with Crippen molar-refractivity contribution < 1.29 is 0 Å². The molecule has 2 aromatic rings. The Kier molecular flexibility index (Phi) is 5.30. The van der Waals surface area contributed by atoms with Gasteiger partial charge >= 0.3 is 0 Å². The quantitative estimate of drug-likeness (QED) is 0.308. The molecule has 4 heterocycles. The Hall–Kier alpha value is -2.86. The maximum absolute atomic E-state index is 9.23. The molecule has 0 bridgehead atoms. The standard InChI is InChI=1S/C19H27N9/c1-13-9-22-17-16(13)18(25-12-24-17)27-7-8-28(14(2)10-27)19(23-11-20)26-15-3-5-21-6-4-15/h9,12,14-15,21H,3-8,10H2,1-2H3,(H,23,26)(H,22,24,25). The van der Waals surface area contributed by atoms with Crippen LogP contribution < -0.4 is 15.5 Å². The molecular weight excluding hydrogens is 354 g/mol. The molecule has 0 spiro atoms. The highest BCUT2D eigenvalue weighted by Gasteiger charge is 2.29. The highest BCUT2D eigenvalue weighted by Crippen LogP contribution is 2.27. The van der Waals surface area contributed by atoms with Crippen LogP contribution in [0.15, 0.2) is 17.5 Å². The summed E-state index contributed by atoms with van der Waals surface area (Å²) in [7, 11) is 0. The highest BCUT2D eigenvalue weighted by atomic mass is 15.4. The maximum atomic E-state index is 9.23. The summed E-state index contributed by atoms with van der Waals surface area (Å²) in [5, 5.41) is 16.5. The average molecular weight is 381 g/mol. The van der Waals surface area contributed by atoms with Crippen molar-refractivity contribution in [3.05, 3.63) is 18.1 Å². The van der Waals surface area contributed by atoms with E-state index in [2.05, 4.69) is 55.4 Å². The van der Waals surface area contributed by atoms with Crippen LogP contribution in [0.1, 0.15) is 25.3 Å². The summed E-state index contributed by atoms with van der Waals surface area (Å²) in [6, 6.07) is 0.477. The number of aromatic amines is 1. The van der Waals surface area contributed by atoms with Gasteiger partial charge in [-0.05, 0) is 45.3 Å². The number of nitrogens with one attached hydrogen (secondary N) is 3. The Morgan fingerprint density at radius 1 is 1.32 bits per heavy atom. The number of hydrogen-bond donors (Lipinski definition) is 3. The fourth-order valence-electron chi connectivity index (χ4n) is 4.14. The molecule has 148 valence electrons. The van der Waals surface area contributed by atoms with Crippen LogP contribution in [-0.4, -0.2) is 70.6 Å². The van der Waals surface area contributed by atoms with Crippen molar-refractivity contribution in [2.24, 2.45) is 4.99 Å². The highest BCUT2D eigenvalue weighted by molar-refractivity contribution is 5.90. The lowest BCUT2D eigenvalue weighted by Crippen LogP contribution is -2.57. The number of guanidine groups is 1. The van der Waals surface area contributed by atoms with Gasteiger partial charge in [-0.25, -0.2) is 15.0 Å². The number of H-pyrrole nitrogens is 1. The monoisotopic (exact) mass is 381 g/mol. The first kappa shape index (κ1) is 18.5. The number of piperazine rings is 1. The first-order valence-corrected chi connectivity index (χ1v) is 9.91. The zero-order valence-corrected chi connectivity index (χ0v) is 16.4. The molecule has 1 unspecified atom stereocenters. The first-order valence-electron chi connectivity index (χ1n) is 9.91. The van der Waals surface area contributed by atoms with Gasteiger partial charge in [-0.2, -0.15) is 5.26 Å². The lowest BCUT2D eigenvalue weighted by atomic mass is 10.1. The van der Waals surface area contributed by atoms with Gasteiger partial charge in [0.25, 0.3) is 0 Å². The predicted octanol–water partition coefficient (Wildman–Crippen LogP) is 0.956. The minimum absolute atomic E-state index is 0.208. The van der Waals surface area contributed by atoms with Crippen LogP contribution in [0.25, 0.3) is 11.0 Å². The van der Waals surface area contributed by atoms with Gasteiger partial charge in [0.15, 0.2) is 6.19 Å². The number of fused-ring (bicyclic) bond motifs is 1. The van der Waals surface area contributed by atoms with Gasteiger partial charge in [-0.15, -0.1) is 0 Å². The van der Waals surface area contributed by atoms with E-state index in [1.54, 1.807) is 6.33 Å². The van der Waals surface area contributed by atoms with E-state index in [1.807, 2.05) is 6.20 Å². The van der Waals surface area contributed by atoms with Gasteiger partial charge in [-0.3, -0.25) is 5.32 Å². The van der Waals surface area contributed by atoms with Crippen molar-refractivity contribution in [2.75, 3.05) is 37.6 Å². The number of aromatic nitrogens is 3. The van der Waals surface area contributed by atoms with Crippen molar-refractivity contribution in [3.8, 4) is 6.19 Å². The molecule has 2 fully saturated rings. The van der Waals surface area contributed by atoms with Gasteiger partial charge in [0.1, 0.15) is 17.8 Å². The minimum atomic E-state index is 0.208. The van der Waals surface area contributed by atoms with Crippen molar-refractivity contribution in [2.45, 2.75) is 38.8 Å². The second-order valence-electron chi connectivity index (χ2n) is 7.55. The van der Waals surface area contributed by atoms with Crippen LogP contribution in [0, 0.1) is 18.4 Å². The SMILES string of the molecule is Cc1c[nH]c2ncnc(N3CCN(C(=NC4CCNCC4)NC#N)C(C)C3)c12. The summed E-state index contributed by atoms with van der Waals surface area (Å²) < 4.78 is 0. The zero-order valence-electron chi connectivity index (χ0n) is 16.4. The molecule has 2 aromatic heterocycles. The fourth-order valence-corrected chi connectivity index (χ4v) is 4.14. The molecule has 0 radical (unpaired) electrons. The number of hydrogen-bond acceptors (Lipinski definition) is 6. The van der Waals surface area contributed by atoms with Gasteiger partial charge in [-0.1, -0.05) is 0 Å². The largest absolute Gasteiger partial charge is 0.352 e. The van der Waals surface area contributed by atoms with E-state index in [4.69, 9.17) is 4.99 Å². The molecule has 0 aromatic carbocycles. The summed E-state index contributed by atoms with van der Waals surface area (Å²) in [5.74, 6) is 1.67. The first-order chi connectivity index (χ1) is 13.7. The van der Waals surface area contributed by atoms with E-state index >= 15 is 0 Å². The second-order valence-corrected chi connectivity index (χ2v) is 7.55. The Balaban J connectivity index is 1.53. The van der Waals surface area contributed by atoms with Gasteiger partial charge in [0, 0.05) is 31.9 Å². The molecule has 28 heavy (non-hydrogen) atoms. The van der Waals surface area contributed by atoms with Crippen LogP contribution in [-0.2, 0) is 0 Å². The molecule has 2 aliphatic rings. The topological polar surface area (TPSA) is 108 Å². The van der Waals surface area contributed by atoms with Crippen LogP contribution in [0.3, 0.4) is 0 Å². The molecule has 0 amide bonds. The maximum Gasteiger partial charge on any atom is 0.208 e. The molecule has 9 nitrogen and oxygen atoms in total. The number of nitrogens with zero attached hydrogens (tertiary/aromatic N) is 6. The summed E-state index contributed by atoms with van der Waals surface area (Å²) in [6.07, 6.45) is 7.68. The van der Waals surface area contributed by atoms with Crippen LogP contribution >= 0.6 is 0 Å². The smallest absolute Gasteiger partial charge is 0.208 e. The molecule has 9 heteroatoms. The predicted molar refractivity (Wildman–Crippen MR) is 109 cm³/mol. The number of aliphatic imine (C=N–C) groups is 1. The van der Waals surface area contributed by atoms with Crippen molar-refractivity contribution >= 4 is 22.8 Å². The summed E-state index contributed by atoms with van der Waals surface area (Å²) in [4.78, 5) is 21.5. The van der Waals surface area contributed by atoms with Crippen LogP contribution in [0.4, 0.5) is 5.82 Å². The summed E-state index contributed by atoms with van der Waals surface area (Å²) >= 11 is 0. The molecule has 2 aliphatic heterocycles. The van der Waals surface area contributed by atoms with Crippen molar-refractivity contribution in [1.82, 2.24) is 30.5 Å². The molecular formula is C19H27N9. The van der Waals surface area contributed by atoms with E-state index < -0.39 is 0 Å². The van der Waals surface area contributed by atoms with Gasteiger partial charge in [0.2, 0.25) is 5.96 Å². The van der Waals surface area contributed by atoms with Gasteiger partial charge in [0.05, 0.1) is 11.4 Å². The fraction of sp³-hybridized carbons (Fsp3) is 0.579. The summed E-state index contributed by atoms with van der Waals surface area (Å²) in [5.41, 5.74) is 2.02. The van der Waals surface area contributed by atoms with Crippen LogP contribution in [0.2, 0.25) is 0 Å². The lowest BCUT2D eigenvalue weighted by molar-refractivity contribution is 0.288. The minimum Gasteiger partial charge on any atom is -0.352 e. The van der Waals surface area contributed by atoms with E-state index in [-0.39, 0.29) is 12.1 Å². The zero-order chi connectivity index (χ0) is 19.5. The van der Waals surface area contributed by atoms with Crippen molar-refractivity contribution in [1.29, 1.82) is 5.26 Å². The normalized spacial score (nSPS) is 21.8. The second kappa shape index (κ2) is 8.02. The van der Waals surface area contributed by atoms with Crippen LogP contribution in [0.5, 0.6) is 0 Å². The third kappa shape index (κ3) is 3.60. The van der Waals surface area contributed by atoms with Crippen molar-refractivity contribution in [3.63, 3.8) is 0 Å². The molecule has 2 saturated heterocycles. The Labute approximate surface area is 164 Å². The third-order valence-corrected chi connectivity index (χ3v) is 5.63. The average Bonchev–Trinajstić information content (AvgIpc) is 3.10. The third-order valence-electron chi connectivity index (χ3n) is 5.63. The van der Waals surface area contributed by atoms with E-state index in [0.29, 0.717) is 5.96 Å². The Morgan fingerprint density at radius 3 is 2.89 bits per heavy atom. The molecule has 3 N–H and O–H groups in total. The van der Waals surface area contributed by atoms with E-state index in [0.717, 1.165) is 68.0 Å². The molecule has 4 rings (SSSR count). The molecule has 1 atom stereocenters. The number of aryl methyl sites for hydroxylation is 1. The number of rotatable bonds is 2.